The second kappa shape index (κ2) is 7.68. The fourth-order valence-corrected chi connectivity index (χ4v) is 3.19. The Morgan fingerprint density at radius 1 is 1.04 bits per heavy atom. The summed E-state index contributed by atoms with van der Waals surface area (Å²) in [6, 6.07) is 9.81. The maximum atomic E-state index is 12.6. The molecule has 144 valence electrons. The van der Waals surface area contributed by atoms with E-state index in [1.807, 2.05) is 25.1 Å². The third kappa shape index (κ3) is 4.66. The van der Waals surface area contributed by atoms with Crippen LogP contribution in [-0.2, 0) is 6.18 Å². The van der Waals surface area contributed by atoms with Crippen LogP contribution in [0.1, 0.15) is 11.1 Å². The highest BCUT2D eigenvalue weighted by Gasteiger charge is 2.30. The fourth-order valence-electron chi connectivity index (χ4n) is 3.02. The zero-order valence-corrected chi connectivity index (χ0v) is 15.4. The highest BCUT2D eigenvalue weighted by Crippen LogP contribution is 2.30. The van der Waals surface area contributed by atoms with Gasteiger partial charge in [0.15, 0.2) is 0 Å². The van der Waals surface area contributed by atoms with E-state index in [1.54, 1.807) is 4.90 Å². The number of halogens is 4. The lowest BCUT2D eigenvalue weighted by molar-refractivity contribution is -0.137. The summed E-state index contributed by atoms with van der Waals surface area (Å²) < 4.78 is 37.8. The number of urea groups is 1. The molecule has 0 atom stereocenters. The predicted octanol–water partition coefficient (Wildman–Crippen LogP) is 5.02. The summed E-state index contributed by atoms with van der Waals surface area (Å²) >= 11 is 6.07. The topological polar surface area (TPSA) is 35.6 Å². The summed E-state index contributed by atoms with van der Waals surface area (Å²) in [7, 11) is 0. The van der Waals surface area contributed by atoms with Gasteiger partial charge in [0.2, 0.25) is 0 Å². The average Bonchev–Trinajstić information content (AvgIpc) is 2.63. The summed E-state index contributed by atoms with van der Waals surface area (Å²) in [5, 5.41) is 3.31. The van der Waals surface area contributed by atoms with Crippen molar-refractivity contribution in [2.75, 3.05) is 36.4 Å². The van der Waals surface area contributed by atoms with Crippen molar-refractivity contribution in [2.24, 2.45) is 0 Å². The standard InChI is InChI=1S/C19H19ClF3N3O/c1-13-2-5-15(20)12-17(13)25-8-10-26(11-9-25)18(27)24-16-6-3-14(4-7-16)19(21,22)23/h2-7,12H,8-11H2,1H3,(H,24,27). The third-order valence-electron chi connectivity index (χ3n) is 4.54. The Hall–Kier alpha value is -2.41. The number of nitrogens with one attached hydrogen (secondary N) is 1. The molecule has 3 rings (SSSR count). The molecule has 1 aliphatic heterocycles. The van der Waals surface area contributed by atoms with Crippen molar-refractivity contribution in [3.8, 4) is 0 Å². The van der Waals surface area contributed by atoms with Crippen LogP contribution in [-0.4, -0.2) is 37.1 Å². The van der Waals surface area contributed by atoms with Gasteiger partial charge in [0.25, 0.3) is 0 Å². The van der Waals surface area contributed by atoms with E-state index in [2.05, 4.69) is 10.2 Å². The molecule has 1 saturated heterocycles. The Morgan fingerprint density at radius 2 is 1.67 bits per heavy atom. The van der Waals surface area contributed by atoms with Gasteiger partial charge in [-0.3, -0.25) is 0 Å². The van der Waals surface area contributed by atoms with Crippen molar-refractivity contribution in [3.05, 3.63) is 58.6 Å². The Labute approximate surface area is 160 Å². The summed E-state index contributed by atoms with van der Waals surface area (Å²) in [5.41, 5.74) is 1.75. The Balaban J connectivity index is 1.58. The van der Waals surface area contributed by atoms with E-state index >= 15 is 0 Å². The molecule has 8 heteroatoms. The first kappa shape index (κ1) is 19.4. The lowest BCUT2D eigenvalue weighted by Gasteiger charge is -2.36. The number of amides is 2. The number of rotatable bonds is 2. The minimum absolute atomic E-state index is 0.322. The van der Waals surface area contributed by atoms with Gasteiger partial charge in [-0.15, -0.1) is 0 Å². The molecule has 0 radical (unpaired) electrons. The number of hydrogen-bond donors (Lipinski definition) is 1. The molecule has 0 bridgehead atoms. The van der Waals surface area contributed by atoms with Crippen LogP contribution in [0.25, 0.3) is 0 Å². The number of aryl methyl sites for hydroxylation is 1. The van der Waals surface area contributed by atoms with Crippen molar-refractivity contribution < 1.29 is 18.0 Å². The van der Waals surface area contributed by atoms with Crippen LogP contribution < -0.4 is 10.2 Å². The lowest BCUT2D eigenvalue weighted by Crippen LogP contribution is -2.50. The molecule has 2 aromatic rings. The molecule has 0 unspecified atom stereocenters. The van der Waals surface area contributed by atoms with E-state index in [-0.39, 0.29) is 6.03 Å². The molecular formula is C19H19ClF3N3O. The maximum Gasteiger partial charge on any atom is 0.416 e. The SMILES string of the molecule is Cc1ccc(Cl)cc1N1CCN(C(=O)Nc2ccc(C(F)(F)F)cc2)CC1. The van der Waals surface area contributed by atoms with Gasteiger partial charge in [0.05, 0.1) is 5.56 Å². The van der Waals surface area contributed by atoms with Gasteiger partial charge in [-0.1, -0.05) is 17.7 Å². The molecular weight excluding hydrogens is 379 g/mol. The first-order valence-corrected chi connectivity index (χ1v) is 8.86. The van der Waals surface area contributed by atoms with Crippen molar-refractivity contribution in [1.82, 2.24) is 4.90 Å². The first-order chi connectivity index (χ1) is 12.7. The minimum Gasteiger partial charge on any atom is -0.368 e. The lowest BCUT2D eigenvalue weighted by atomic mass is 10.1. The zero-order chi connectivity index (χ0) is 19.6. The van der Waals surface area contributed by atoms with Crippen molar-refractivity contribution in [1.29, 1.82) is 0 Å². The zero-order valence-electron chi connectivity index (χ0n) is 14.7. The van der Waals surface area contributed by atoms with Crippen LogP contribution in [0.5, 0.6) is 0 Å². The van der Waals surface area contributed by atoms with Gasteiger partial charge in [-0.05, 0) is 48.9 Å². The number of hydrogen-bond acceptors (Lipinski definition) is 2. The molecule has 1 heterocycles. The summed E-state index contributed by atoms with van der Waals surface area (Å²) in [5.74, 6) is 0. The van der Waals surface area contributed by atoms with Crippen molar-refractivity contribution in [2.45, 2.75) is 13.1 Å². The van der Waals surface area contributed by atoms with E-state index in [9.17, 15) is 18.0 Å². The van der Waals surface area contributed by atoms with Crippen molar-refractivity contribution >= 4 is 29.0 Å². The molecule has 0 aromatic heterocycles. The Bertz CT molecular complexity index is 816. The van der Waals surface area contributed by atoms with Gasteiger partial charge < -0.3 is 15.1 Å². The smallest absolute Gasteiger partial charge is 0.368 e. The number of benzene rings is 2. The van der Waals surface area contributed by atoms with Gasteiger partial charge in [0.1, 0.15) is 0 Å². The van der Waals surface area contributed by atoms with E-state index in [0.29, 0.717) is 36.9 Å². The number of alkyl halides is 3. The van der Waals surface area contributed by atoms with Gasteiger partial charge in [0, 0.05) is 42.6 Å². The second-order valence-electron chi connectivity index (χ2n) is 6.41. The maximum absolute atomic E-state index is 12.6. The molecule has 1 fully saturated rings. The van der Waals surface area contributed by atoms with Crippen LogP contribution >= 0.6 is 11.6 Å². The van der Waals surface area contributed by atoms with Gasteiger partial charge in [-0.2, -0.15) is 13.2 Å². The van der Waals surface area contributed by atoms with Crippen LogP contribution in [0.3, 0.4) is 0 Å². The molecule has 2 aromatic carbocycles. The van der Waals surface area contributed by atoms with Gasteiger partial charge in [-0.25, -0.2) is 4.79 Å². The highest BCUT2D eigenvalue weighted by molar-refractivity contribution is 6.30. The quantitative estimate of drug-likeness (QED) is 0.772. The van der Waals surface area contributed by atoms with Crippen LogP contribution in [0.2, 0.25) is 5.02 Å². The molecule has 2 amide bonds. The summed E-state index contributed by atoms with van der Waals surface area (Å²) in [6.07, 6.45) is -4.39. The van der Waals surface area contributed by atoms with Crippen LogP contribution in [0.4, 0.5) is 29.3 Å². The second-order valence-corrected chi connectivity index (χ2v) is 6.85. The van der Waals surface area contributed by atoms with E-state index in [0.717, 1.165) is 23.4 Å². The summed E-state index contributed by atoms with van der Waals surface area (Å²) in [4.78, 5) is 16.2. The molecule has 1 aliphatic rings. The van der Waals surface area contributed by atoms with E-state index in [4.69, 9.17) is 11.6 Å². The average molecular weight is 398 g/mol. The fraction of sp³-hybridized carbons (Fsp3) is 0.316. The van der Waals surface area contributed by atoms with Gasteiger partial charge >= 0.3 is 12.2 Å². The van der Waals surface area contributed by atoms with E-state index < -0.39 is 11.7 Å². The number of carbonyl (C=O) groups excluding carboxylic acids is 1. The normalized spacial score (nSPS) is 15.0. The van der Waals surface area contributed by atoms with E-state index in [1.165, 1.54) is 12.1 Å². The predicted molar refractivity (Wildman–Crippen MR) is 100 cm³/mol. The number of piperazine rings is 1. The third-order valence-corrected chi connectivity index (χ3v) is 4.78. The number of nitrogens with zero attached hydrogens (tertiary/aromatic N) is 2. The largest absolute Gasteiger partial charge is 0.416 e. The number of carbonyl (C=O) groups is 1. The van der Waals surface area contributed by atoms with Crippen LogP contribution in [0.15, 0.2) is 42.5 Å². The molecule has 1 N–H and O–H groups in total. The summed E-state index contributed by atoms with van der Waals surface area (Å²) in [6.45, 7) is 4.34. The first-order valence-electron chi connectivity index (χ1n) is 8.48. The molecule has 0 saturated carbocycles. The molecule has 0 spiro atoms. The highest BCUT2D eigenvalue weighted by atomic mass is 35.5. The minimum atomic E-state index is -4.39. The Morgan fingerprint density at radius 3 is 2.26 bits per heavy atom. The molecule has 4 nitrogen and oxygen atoms in total. The van der Waals surface area contributed by atoms with Crippen LogP contribution in [0, 0.1) is 6.92 Å². The molecule has 0 aliphatic carbocycles. The Kier molecular flexibility index (Phi) is 5.51. The number of anilines is 2. The monoisotopic (exact) mass is 397 g/mol. The molecule has 27 heavy (non-hydrogen) atoms. The van der Waals surface area contributed by atoms with Crippen molar-refractivity contribution in [3.63, 3.8) is 0 Å².